The molecule has 0 aliphatic heterocycles. The van der Waals surface area contributed by atoms with E-state index in [1.165, 1.54) is 19.3 Å². The Labute approximate surface area is 160 Å². The van der Waals surface area contributed by atoms with Crippen molar-refractivity contribution in [3.05, 3.63) is 12.2 Å². The fourth-order valence-corrected chi connectivity index (χ4v) is 3.60. The van der Waals surface area contributed by atoms with E-state index in [9.17, 15) is 0 Å². The van der Waals surface area contributed by atoms with Crippen LogP contribution in [0.5, 0.6) is 0 Å². The van der Waals surface area contributed by atoms with Crippen LogP contribution < -0.4 is 10.6 Å². The molecule has 0 aromatic carbocycles. The maximum atomic E-state index is 4.69. The SMILES string of the molecule is CCNC(=NCCn1cnnc1CC)NC1CCC(SC)C1.I. The average molecular weight is 452 g/mol. The van der Waals surface area contributed by atoms with Crippen molar-refractivity contribution in [3.8, 4) is 0 Å². The summed E-state index contributed by atoms with van der Waals surface area (Å²) >= 11 is 1.98. The van der Waals surface area contributed by atoms with Gasteiger partial charge in [-0.1, -0.05) is 6.92 Å². The molecule has 1 aliphatic rings. The highest BCUT2D eigenvalue weighted by atomic mass is 127. The van der Waals surface area contributed by atoms with Gasteiger partial charge in [-0.15, -0.1) is 34.2 Å². The summed E-state index contributed by atoms with van der Waals surface area (Å²) in [4.78, 5) is 4.69. The number of aryl methyl sites for hydroxylation is 1. The molecule has 0 saturated heterocycles. The van der Waals surface area contributed by atoms with E-state index in [-0.39, 0.29) is 24.0 Å². The summed E-state index contributed by atoms with van der Waals surface area (Å²) in [6.45, 7) is 6.64. The first-order chi connectivity index (χ1) is 10.8. The van der Waals surface area contributed by atoms with Crippen LogP contribution in [0, 0.1) is 0 Å². The van der Waals surface area contributed by atoms with Crippen molar-refractivity contribution in [1.82, 2.24) is 25.4 Å². The van der Waals surface area contributed by atoms with Gasteiger partial charge in [-0.05, 0) is 32.4 Å². The molecule has 23 heavy (non-hydrogen) atoms. The van der Waals surface area contributed by atoms with Crippen LogP contribution in [0.15, 0.2) is 11.3 Å². The Bertz CT molecular complexity index is 478. The number of rotatable bonds is 7. The second kappa shape index (κ2) is 11.1. The largest absolute Gasteiger partial charge is 0.357 e. The summed E-state index contributed by atoms with van der Waals surface area (Å²) in [7, 11) is 0. The van der Waals surface area contributed by atoms with Gasteiger partial charge < -0.3 is 15.2 Å². The molecule has 1 fully saturated rings. The number of hydrogen-bond donors (Lipinski definition) is 2. The Balaban J connectivity index is 0.00000264. The third-order valence-corrected chi connectivity index (χ3v) is 5.12. The van der Waals surface area contributed by atoms with Crippen molar-refractivity contribution in [1.29, 1.82) is 0 Å². The number of nitrogens with zero attached hydrogens (tertiary/aromatic N) is 4. The van der Waals surface area contributed by atoms with Crippen LogP contribution in [0.25, 0.3) is 0 Å². The molecular formula is C15H29IN6S. The summed E-state index contributed by atoms with van der Waals surface area (Å²) in [6, 6.07) is 0.552. The first-order valence-corrected chi connectivity index (χ1v) is 9.49. The third kappa shape index (κ3) is 6.48. The Morgan fingerprint density at radius 3 is 2.91 bits per heavy atom. The summed E-state index contributed by atoms with van der Waals surface area (Å²) in [6.07, 6.45) is 8.67. The second-order valence-electron chi connectivity index (χ2n) is 5.57. The molecule has 0 spiro atoms. The standard InChI is InChI=1S/C15H28N6S.HI/c1-4-14-20-18-11-21(14)9-8-17-15(16-5-2)19-12-6-7-13(10-12)22-3;/h11-13H,4-10H2,1-3H3,(H2,16,17,19);1H. The van der Waals surface area contributed by atoms with Crippen molar-refractivity contribution in [2.45, 2.75) is 57.4 Å². The predicted octanol–water partition coefficient (Wildman–Crippen LogP) is 2.30. The topological polar surface area (TPSA) is 67.1 Å². The fraction of sp³-hybridized carbons (Fsp3) is 0.800. The van der Waals surface area contributed by atoms with Crippen LogP contribution in [0.3, 0.4) is 0 Å². The number of aromatic nitrogens is 3. The van der Waals surface area contributed by atoms with E-state index in [1.807, 2.05) is 11.8 Å². The molecule has 0 bridgehead atoms. The molecule has 0 radical (unpaired) electrons. The van der Waals surface area contributed by atoms with Crippen molar-refractivity contribution < 1.29 is 0 Å². The van der Waals surface area contributed by atoms with Crippen LogP contribution >= 0.6 is 35.7 Å². The van der Waals surface area contributed by atoms with Gasteiger partial charge in [0.2, 0.25) is 0 Å². The molecule has 1 aromatic rings. The van der Waals surface area contributed by atoms with E-state index >= 15 is 0 Å². The fourth-order valence-electron chi connectivity index (χ4n) is 2.81. The molecule has 8 heteroatoms. The minimum atomic E-state index is 0. The van der Waals surface area contributed by atoms with Gasteiger partial charge in [0.25, 0.3) is 0 Å². The number of guanidine groups is 1. The van der Waals surface area contributed by atoms with E-state index in [2.05, 4.69) is 50.5 Å². The first-order valence-electron chi connectivity index (χ1n) is 8.21. The highest BCUT2D eigenvalue weighted by molar-refractivity contribution is 14.0. The van der Waals surface area contributed by atoms with Crippen LogP contribution in [-0.2, 0) is 13.0 Å². The van der Waals surface area contributed by atoms with Crippen LogP contribution in [0.1, 0.15) is 38.9 Å². The lowest BCUT2D eigenvalue weighted by Gasteiger charge is -2.17. The van der Waals surface area contributed by atoms with Crippen LogP contribution in [-0.4, -0.2) is 51.4 Å². The maximum absolute atomic E-state index is 4.69. The zero-order chi connectivity index (χ0) is 15.8. The van der Waals surface area contributed by atoms with Gasteiger partial charge in [-0.25, -0.2) is 0 Å². The minimum Gasteiger partial charge on any atom is -0.357 e. The zero-order valence-corrected chi connectivity index (χ0v) is 17.4. The highest BCUT2D eigenvalue weighted by Crippen LogP contribution is 2.27. The van der Waals surface area contributed by atoms with E-state index in [0.29, 0.717) is 6.04 Å². The van der Waals surface area contributed by atoms with Crippen molar-refractivity contribution in [2.75, 3.05) is 19.3 Å². The summed E-state index contributed by atoms with van der Waals surface area (Å²) in [5, 5.41) is 15.8. The molecule has 1 aromatic heterocycles. The van der Waals surface area contributed by atoms with E-state index in [4.69, 9.17) is 0 Å². The van der Waals surface area contributed by atoms with Crippen molar-refractivity contribution >= 4 is 41.7 Å². The molecule has 2 rings (SSSR count). The number of thioether (sulfide) groups is 1. The zero-order valence-electron chi connectivity index (χ0n) is 14.3. The van der Waals surface area contributed by atoms with Gasteiger partial charge in [-0.2, -0.15) is 11.8 Å². The van der Waals surface area contributed by atoms with Crippen molar-refractivity contribution in [2.24, 2.45) is 4.99 Å². The maximum Gasteiger partial charge on any atom is 0.191 e. The molecule has 132 valence electrons. The molecule has 6 nitrogen and oxygen atoms in total. The Kier molecular flexibility index (Phi) is 9.92. The molecule has 2 atom stereocenters. The summed E-state index contributed by atoms with van der Waals surface area (Å²) < 4.78 is 2.08. The second-order valence-corrected chi connectivity index (χ2v) is 6.70. The molecule has 2 N–H and O–H groups in total. The van der Waals surface area contributed by atoms with Gasteiger partial charge in [-0.3, -0.25) is 4.99 Å². The first kappa shape index (κ1) is 20.5. The Hall–Kier alpha value is -0.510. The quantitative estimate of drug-likeness (QED) is 0.378. The monoisotopic (exact) mass is 452 g/mol. The molecule has 1 aliphatic carbocycles. The van der Waals surface area contributed by atoms with Gasteiger partial charge in [0.1, 0.15) is 12.2 Å². The normalized spacial score (nSPS) is 21.1. The van der Waals surface area contributed by atoms with Crippen LogP contribution in [0.2, 0.25) is 0 Å². The molecule has 1 saturated carbocycles. The smallest absolute Gasteiger partial charge is 0.191 e. The number of aliphatic imine (C=N–C) groups is 1. The highest BCUT2D eigenvalue weighted by Gasteiger charge is 2.24. The number of hydrogen-bond acceptors (Lipinski definition) is 4. The van der Waals surface area contributed by atoms with E-state index in [1.54, 1.807) is 6.33 Å². The lowest BCUT2D eigenvalue weighted by atomic mass is 10.2. The summed E-state index contributed by atoms with van der Waals surface area (Å²) in [5.74, 6) is 1.95. The minimum absolute atomic E-state index is 0. The summed E-state index contributed by atoms with van der Waals surface area (Å²) in [5.41, 5.74) is 0. The lowest BCUT2D eigenvalue weighted by molar-refractivity contribution is 0.609. The Morgan fingerprint density at radius 2 is 2.26 bits per heavy atom. The van der Waals surface area contributed by atoms with Gasteiger partial charge in [0.15, 0.2) is 5.96 Å². The number of nitrogens with one attached hydrogen (secondary N) is 2. The third-order valence-electron chi connectivity index (χ3n) is 4.03. The van der Waals surface area contributed by atoms with Crippen molar-refractivity contribution in [3.63, 3.8) is 0 Å². The molecule has 0 amide bonds. The van der Waals surface area contributed by atoms with Gasteiger partial charge in [0.05, 0.1) is 6.54 Å². The van der Waals surface area contributed by atoms with E-state index in [0.717, 1.165) is 43.1 Å². The average Bonchev–Trinajstić information content (AvgIpc) is 3.16. The van der Waals surface area contributed by atoms with Gasteiger partial charge >= 0.3 is 0 Å². The molecule has 1 heterocycles. The van der Waals surface area contributed by atoms with E-state index < -0.39 is 0 Å². The van der Waals surface area contributed by atoms with Gasteiger partial charge in [0, 0.05) is 30.8 Å². The molecular weight excluding hydrogens is 423 g/mol. The lowest BCUT2D eigenvalue weighted by Crippen LogP contribution is -2.42. The Morgan fingerprint density at radius 1 is 1.43 bits per heavy atom. The molecule has 2 unspecified atom stereocenters. The predicted molar refractivity (Wildman–Crippen MR) is 109 cm³/mol. The number of halogens is 1. The van der Waals surface area contributed by atoms with Crippen LogP contribution in [0.4, 0.5) is 0 Å².